The van der Waals surface area contributed by atoms with E-state index in [0.29, 0.717) is 25.4 Å². The van der Waals surface area contributed by atoms with E-state index in [0.717, 1.165) is 0 Å². The highest BCUT2D eigenvalue weighted by Gasteiger charge is 2.01. The van der Waals surface area contributed by atoms with Gasteiger partial charge in [0.15, 0.2) is 6.33 Å². The number of nitrogens with zero attached hydrogens (tertiary/aromatic N) is 2. The van der Waals surface area contributed by atoms with E-state index >= 15 is 0 Å². The summed E-state index contributed by atoms with van der Waals surface area (Å²) in [5, 5.41) is 6.42. The van der Waals surface area contributed by atoms with Crippen LogP contribution in [0, 0.1) is 0 Å². The fraction of sp³-hybridized carbons (Fsp3) is 0.714. The Balaban J connectivity index is 2.06. The van der Waals surface area contributed by atoms with Crippen molar-refractivity contribution < 1.29 is 12.9 Å². The zero-order valence-electron chi connectivity index (χ0n) is 7.93. The van der Waals surface area contributed by atoms with Crippen molar-refractivity contribution >= 4 is 9.84 Å². The van der Waals surface area contributed by atoms with Crippen LogP contribution in [0.2, 0.25) is 0 Å². The summed E-state index contributed by atoms with van der Waals surface area (Å²) in [6.07, 6.45) is 3.17. The molecule has 0 spiro atoms. The minimum atomic E-state index is -2.87. The third kappa shape index (κ3) is 4.93. The number of hydrogen-bond donors (Lipinski definition) is 1. The fourth-order valence-electron chi connectivity index (χ4n) is 0.884. The molecule has 7 heteroatoms. The summed E-state index contributed by atoms with van der Waals surface area (Å²) in [5.74, 6) is 0.702. The van der Waals surface area contributed by atoms with Crippen LogP contribution in [0.5, 0.6) is 0 Å². The van der Waals surface area contributed by atoms with E-state index in [2.05, 4.69) is 15.5 Å². The molecule has 0 aliphatic rings. The van der Waals surface area contributed by atoms with Gasteiger partial charge in [-0.1, -0.05) is 5.16 Å². The maximum absolute atomic E-state index is 10.7. The fourth-order valence-corrected chi connectivity index (χ4v) is 1.40. The number of hydrogen-bond acceptors (Lipinski definition) is 6. The van der Waals surface area contributed by atoms with E-state index in [4.69, 9.17) is 4.52 Å². The Kier molecular flexibility index (Phi) is 4.02. The Morgan fingerprint density at radius 2 is 2.29 bits per heavy atom. The zero-order chi connectivity index (χ0) is 10.4. The van der Waals surface area contributed by atoms with Crippen LogP contribution < -0.4 is 5.32 Å². The van der Waals surface area contributed by atoms with E-state index in [-0.39, 0.29) is 5.75 Å². The lowest BCUT2D eigenvalue weighted by Crippen LogP contribution is -2.24. The first-order chi connectivity index (χ1) is 6.58. The topological polar surface area (TPSA) is 85.1 Å². The summed E-state index contributed by atoms with van der Waals surface area (Å²) < 4.78 is 26.2. The molecule has 0 bridgehead atoms. The van der Waals surface area contributed by atoms with Crippen LogP contribution in [0.1, 0.15) is 5.89 Å². The summed E-state index contributed by atoms with van der Waals surface area (Å²) in [6, 6.07) is 0. The average molecular weight is 219 g/mol. The first-order valence-corrected chi connectivity index (χ1v) is 6.28. The molecule has 6 nitrogen and oxygen atoms in total. The van der Waals surface area contributed by atoms with Crippen molar-refractivity contribution in [3.63, 3.8) is 0 Å². The van der Waals surface area contributed by atoms with E-state index in [1.807, 2.05) is 0 Å². The molecule has 0 fully saturated rings. The van der Waals surface area contributed by atoms with Crippen molar-refractivity contribution in [1.29, 1.82) is 0 Å². The lowest BCUT2D eigenvalue weighted by Gasteiger charge is -2.00. The second-order valence-electron chi connectivity index (χ2n) is 2.96. The van der Waals surface area contributed by atoms with Crippen LogP contribution in [-0.4, -0.2) is 43.7 Å². The maximum atomic E-state index is 10.7. The molecule has 0 saturated carbocycles. The highest BCUT2D eigenvalue weighted by atomic mass is 32.2. The number of sulfone groups is 1. The summed E-state index contributed by atoms with van der Waals surface area (Å²) in [5.41, 5.74) is 0. The molecule has 0 aromatic carbocycles. The van der Waals surface area contributed by atoms with Gasteiger partial charge in [0, 0.05) is 25.8 Å². The Labute approximate surface area is 82.6 Å². The second kappa shape index (κ2) is 5.06. The Morgan fingerprint density at radius 3 is 2.86 bits per heavy atom. The SMILES string of the molecule is CS(=O)(=O)CCNCCc1ncno1. The van der Waals surface area contributed by atoms with Crippen LogP contribution >= 0.6 is 0 Å². The molecule has 0 unspecified atom stereocenters. The van der Waals surface area contributed by atoms with Gasteiger partial charge in [-0.2, -0.15) is 4.98 Å². The van der Waals surface area contributed by atoms with Gasteiger partial charge in [-0.25, -0.2) is 8.42 Å². The van der Waals surface area contributed by atoms with E-state index in [1.54, 1.807) is 0 Å². The molecule has 1 heterocycles. The highest BCUT2D eigenvalue weighted by molar-refractivity contribution is 7.90. The van der Waals surface area contributed by atoms with Gasteiger partial charge < -0.3 is 9.84 Å². The third-order valence-corrected chi connectivity index (χ3v) is 2.52. The summed E-state index contributed by atoms with van der Waals surface area (Å²) >= 11 is 0. The molecule has 0 amide bonds. The van der Waals surface area contributed by atoms with Gasteiger partial charge in [-0.05, 0) is 0 Å². The Bertz CT molecular complexity index is 346. The zero-order valence-corrected chi connectivity index (χ0v) is 8.75. The van der Waals surface area contributed by atoms with Crippen molar-refractivity contribution in [3.8, 4) is 0 Å². The number of rotatable bonds is 6. The van der Waals surface area contributed by atoms with Crippen LogP contribution in [-0.2, 0) is 16.3 Å². The first-order valence-electron chi connectivity index (χ1n) is 4.22. The molecule has 1 aromatic rings. The summed E-state index contributed by atoms with van der Waals surface area (Å²) in [7, 11) is -2.87. The predicted molar refractivity (Wildman–Crippen MR) is 50.6 cm³/mol. The molecule has 0 aliphatic heterocycles. The normalized spacial score (nSPS) is 11.8. The van der Waals surface area contributed by atoms with Gasteiger partial charge >= 0.3 is 0 Å². The summed E-state index contributed by atoms with van der Waals surface area (Å²) in [4.78, 5) is 3.83. The molecule has 0 aliphatic carbocycles. The van der Waals surface area contributed by atoms with E-state index in [1.165, 1.54) is 12.6 Å². The van der Waals surface area contributed by atoms with Crippen molar-refractivity contribution in [2.45, 2.75) is 6.42 Å². The quantitative estimate of drug-likeness (QED) is 0.633. The van der Waals surface area contributed by atoms with Gasteiger partial charge in [0.05, 0.1) is 5.75 Å². The molecule has 0 saturated heterocycles. The molecule has 14 heavy (non-hydrogen) atoms. The lowest BCUT2D eigenvalue weighted by molar-refractivity contribution is 0.375. The van der Waals surface area contributed by atoms with Gasteiger partial charge in [0.25, 0.3) is 0 Å². The standard InChI is InChI=1S/C7H13N3O3S/c1-14(11,12)5-4-8-3-2-7-9-6-10-13-7/h6,8H,2-5H2,1H3. The maximum Gasteiger partial charge on any atom is 0.227 e. The number of nitrogens with one attached hydrogen (secondary N) is 1. The molecular weight excluding hydrogens is 206 g/mol. The third-order valence-electron chi connectivity index (χ3n) is 1.57. The van der Waals surface area contributed by atoms with Crippen molar-refractivity contribution in [1.82, 2.24) is 15.5 Å². The smallest absolute Gasteiger partial charge is 0.227 e. The van der Waals surface area contributed by atoms with E-state index in [9.17, 15) is 8.42 Å². The minimum Gasteiger partial charge on any atom is -0.340 e. The van der Waals surface area contributed by atoms with Gasteiger partial charge in [-0.15, -0.1) is 0 Å². The van der Waals surface area contributed by atoms with Gasteiger partial charge in [0.1, 0.15) is 9.84 Å². The molecule has 1 aromatic heterocycles. The molecular formula is C7H13N3O3S. The molecule has 0 atom stereocenters. The van der Waals surface area contributed by atoms with Crippen molar-refractivity contribution in [2.24, 2.45) is 0 Å². The Morgan fingerprint density at radius 1 is 1.50 bits per heavy atom. The van der Waals surface area contributed by atoms with Gasteiger partial charge in [-0.3, -0.25) is 0 Å². The number of aromatic nitrogens is 2. The summed E-state index contributed by atoms with van der Waals surface area (Å²) in [6.45, 7) is 1.09. The predicted octanol–water partition coefficient (Wildman–Crippen LogP) is -0.754. The Hall–Kier alpha value is -0.950. The van der Waals surface area contributed by atoms with Crippen molar-refractivity contribution in [2.75, 3.05) is 25.1 Å². The molecule has 80 valence electrons. The monoisotopic (exact) mass is 219 g/mol. The second-order valence-corrected chi connectivity index (χ2v) is 5.22. The van der Waals surface area contributed by atoms with Gasteiger partial charge in [0.2, 0.25) is 5.89 Å². The minimum absolute atomic E-state index is 0.150. The van der Waals surface area contributed by atoms with Crippen LogP contribution in [0.3, 0.4) is 0 Å². The van der Waals surface area contributed by atoms with Crippen LogP contribution in [0.25, 0.3) is 0 Å². The van der Waals surface area contributed by atoms with Crippen molar-refractivity contribution in [3.05, 3.63) is 12.2 Å². The van der Waals surface area contributed by atoms with Crippen LogP contribution in [0.15, 0.2) is 10.9 Å². The van der Waals surface area contributed by atoms with Crippen LogP contribution in [0.4, 0.5) is 0 Å². The lowest BCUT2D eigenvalue weighted by atomic mass is 10.4. The molecule has 1 N–H and O–H groups in total. The van der Waals surface area contributed by atoms with E-state index < -0.39 is 9.84 Å². The first kappa shape index (κ1) is 11.1. The molecule has 1 rings (SSSR count). The molecule has 0 radical (unpaired) electrons. The largest absolute Gasteiger partial charge is 0.340 e. The highest BCUT2D eigenvalue weighted by Crippen LogP contribution is 1.90. The average Bonchev–Trinajstić information content (AvgIpc) is 2.54.